The molecule has 1 aromatic heterocycles. The lowest BCUT2D eigenvalue weighted by Crippen LogP contribution is -2.33. The van der Waals surface area contributed by atoms with Crippen LogP contribution in [0.2, 0.25) is 0 Å². The van der Waals surface area contributed by atoms with Crippen LogP contribution < -0.4 is 10.6 Å². The summed E-state index contributed by atoms with van der Waals surface area (Å²) in [4.78, 5) is 22.4. The van der Waals surface area contributed by atoms with Crippen LogP contribution in [0.15, 0.2) is 67.1 Å². The largest absolute Gasteiger partial charge is 0.383 e. The summed E-state index contributed by atoms with van der Waals surface area (Å²) in [7, 11) is 0. The molecule has 1 saturated heterocycles. The molecule has 35 heavy (non-hydrogen) atoms. The Kier molecular flexibility index (Phi) is 8.05. The first-order valence-corrected chi connectivity index (χ1v) is 11.9. The molecule has 0 bridgehead atoms. The van der Waals surface area contributed by atoms with E-state index in [2.05, 4.69) is 37.6 Å². The lowest BCUT2D eigenvalue weighted by Gasteiger charge is -2.32. The number of hydrogen-bond donors (Lipinski definition) is 3. The number of carbonyl (C=O) groups excluding carboxylic acids is 1. The molecule has 1 fully saturated rings. The van der Waals surface area contributed by atoms with E-state index in [-0.39, 0.29) is 6.03 Å². The first-order valence-electron chi connectivity index (χ1n) is 11.9. The van der Waals surface area contributed by atoms with E-state index in [1.165, 1.54) is 24.4 Å². The average Bonchev–Trinajstić information content (AvgIpc) is 2.87. The van der Waals surface area contributed by atoms with Gasteiger partial charge in [-0.2, -0.15) is 0 Å². The van der Waals surface area contributed by atoms with Crippen molar-refractivity contribution in [1.82, 2.24) is 14.9 Å². The molecule has 7 nitrogen and oxygen atoms in total. The third-order valence-corrected chi connectivity index (χ3v) is 6.51. The van der Waals surface area contributed by atoms with Crippen LogP contribution in [0.1, 0.15) is 36.5 Å². The average molecular weight is 478 g/mol. The van der Waals surface area contributed by atoms with Gasteiger partial charge in [0.05, 0.1) is 0 Å². The zero-order valence-electron chi connectivity index (χ0n) is 20.0. The van der Waals surface area contributed by atoms with Crippen molar-refractivity contribution in [2.75, 3.05) is 30.4 Å². The number of amides is 2. The Balaban J connectivity index is 1.20. The summed E-state index contributed by atoms with van der Waals surface area (Å²) in [5.41, 5.74) is 2.36. The number of nitrogens with zero attached hydrogens (tertiary/aromatic N) is 3. The van der Waals surface area contributed by atoms with Crippen molar-refractivity contribution in [2.24, 2.45) is 5.92 Å². The van der Waals surface area contributed by atoms with Crippen LogP contribution in [0, 0.1) is 5.92 Å². The third-order valence-electron chi connectivity index (χ3n) is 6.51. The van der Waals surface area contributed by atoms with Gasteiger partial charge in [-0.25, -0.2) is 19.2 Å². The fraction of sp³-hybridized carbons (Fsp3) is 0.370. The minimum atomic E-state index is -1.42. The van der Waals surface area contributed by atoms with Gasteiger partial charge in [-0.1, -0.05) is 36.4 Å². The molecule has 1 atom stereocenters. The highest BCUT2D eigenvalue weighted by molar-refractivity contribution is 5.99. The Morgan fingerprint density at radius 1 is 1.06 bits per heavy atom. The lowest BCUT2D eigenvalue weighted by atomic mass is 9.90. The van der Waals surface area contributed by atoms with Crippen LogP contribution >= 0.6 is 0 Å². The van der Waals surface area contributed by atoms with Crippen LogP contribution in [0.4, 0.5) is 20.7 Å². The molecule has 0 radical (unpaired) electrons. The zero-order valence-corrected chi connectivity index (χ0v) is 20.0. The van der Waals surface area contributed by atoms with Crippen LogP contribution in [0.25, 0.3) is 0 Å². The number of alkyl halides is 1. The second kappa shape index (κ2) is 11.4. The van der Waals surface area contributed by atoms with E-state index in [0.717, 1.165) is 44.6 Å². The molecule has 1 aliphatic heterocycles. The van der Waals surface area contributed by atoms with Crippen LogP contribution in [-0.2, 0) is 18.6 Å². The van der Waals surface area contributed by atoms with Crippen LogP contribution in [0.5, 0.6) is 0 Å². The van der Waals surface area contributed by atoms with Gasteiger partial charge in [0.25, 0.3) is 0 Å². The van der Waals surface area contributed by atoms with E-state index in [9.17, 15) is 14.3 Å². The first-order chi connectivity index (χ1) is 16.9. The molecular formula is C27H32FN5O2. The van der Waals surface area contributed by atoms with Gasteiger partial charge in [-0.05, 0) is 80.1 Å². The molecule has 184 valence electrons. The van der Waals surface area contributed by atoms with E-state index in [4.69, 9.17) is 0 Å². The van der Waals surface area contributed by atoms with Crippen molar-refractivity contribution in [3.63, 3.8) is 0 Å². The number of urea groups is 1. The Hall–Kier alpha value is -3.36. The summed E-state index contributed by atoms with van der Waals surface area (Å²) in [5.74, 6) is 1.08. The number of halogens is 1. The highest BCUT2D eigenvalue weighted by Gasteiger charge is 2.23. The van der Waals surface area contributed by atoms with Gasteiger partial charge in [-0.3, -0.25) is 10.2 Å². The first kappa shape index (κ1) is 24.8. The second-order valence-corrected chi connectivity index (χ2v) is 9.40. The molecule has 3 aromatic rings. The normalized spacial score (nSPS) is 16.4. The molecular weight excluding hydrogens is 445 g/mol. The molecule has 2 heterocycles. The smallest absolute Gasteiger partial charge is 0.324 e. The summed E-state index contributed by atoms with van der Waals surface area (Å²) in [6, 6.07) is 16.9. The maximum absolute atomic E-state index is 13.0. The number of aliphatic hydroxyl groups is 1. The fourth-order valence-corrected chi connectivity index (χ4v) is 4.35. The number of benzene rings is 2. The second-order valence-electron chi connectivity index (χ2n) is 9.40. The topological polar surface area (TPSA) is 90.4 Å². The van der Waals surface area contributed by atoms with Crippen molar-refractivity contribution < 1.29 is 14.3 Å². The molecule has 0 saturated carbocycles. The maximum Gasteiger partial charge on any atom is 0.324 e. The van der Waals surface area contributed by atoms with E-state index in [1.54, 1.807) is 12.3 Å². The van der Waals surface area contributed by atoms with Gasteiger partial charge in [0.2, 0.25) is 0 Å². The molecule has 8 heteroatoms. The summed E-state index contributed by atoms with van der Waals surface area (Å²) < 4.78 is 13.0. The summed E-state index contributed by atoms with van der Waals surface area (Å²) in [6.45, 7) is 3.64. The number of rotatable bonds is 8. The molecule has 1 aliphatic rings. The molecule has 4 rings (SSSR count). The number of nitrogens with one attached hydrogen (secondary N) is 2. The quantitative estimate of drug-likeness (QED) is 0.436. The molecule has 3 N–H and O–H groups in total. The maximum atomic E-state index is 13.0. The monoisotopic (exact) mass is 477 g/mol. The van der Waals surface area contributed by atoms with Gasteiger partial charge in [0.15, 0.2) is 0 Å². The van der Waals surface area contributed by atoms with Crippen LogP contribution in [0.3, 0.4) is 0 Å². The highest BCUT2D eigenvalue weighted by Crippen LogP contribution is 2.25. The number of carbonyl (C=O) groups is 1. The zero-order chi connectivity index (χ0) is 24.7. The minimum absolute atomic E-state index is 0.341. The van der Waals surface area contributed by atoms with Crippen molar-refractivity contribution in [3.05, 3.63) is 83.8 Å². The van der Waals surface area contributed by atoms with Crippen molar-refractivity contribution in [2.45, 2.75) is 38.3 Å². The standard InChI is InChI=1S/C27H32FN5O2/c1-27(35,18-28)23-6-2-22(3-7-23)17-33-14-11-21(12-15-33)16-20-4-8-24(9-5-20)31-26(34)32-25-10-13-29-19-30-25/h2-10,13,19,21,35H,11-12,14-18H2,1H3,(H2,29,30,31,32,34). The molecule has 0 aliphatic carbocycles. The highest BCUT2D eigenvalue weighted by atomic mass is 19.1. The van der Waals surface area contributed by atoms with Crippen LogP contribution in [-0.4, -0.2) is 45.8 Å². The molecule has 2 amide bonds. The van der Waals surface area contributed by atoms with Gasteiger partial charge < -0.3 is 10.4 Å². The Morgan fingerprint density at radius 3 is 2.37 bits per heavy atom. The molecule has 1 unspecified atom stereocenters. The van der Waals surface area contributed by atoms with Gasteiger partial charge in [0.1, 0.15) is 24.4 Å². The van der Waals surface area contributed by atoms with Gasteiger partial charge in [-0.15, -0.1) is 0 Å². The number of likely N-dealkylation sites (tertiary alicyclic amines) is 1. The lowest BCUT2D eigenvalue weighted by molar-refractivity contribution is 0.0299. The summed E-state index contributed by atoms with van der Waals surface area (Å²) >= 11 is 0. The summed E-state index contributed by atoms with van der Waals surface area (Å²) in [6.07, 6.45) is 6.25. The van der Waals surface area contributed by atoms with Gasteiger partial charge in [0, 0.05) is 18.4 Å². The summed E-state index contributed by atoms with van der Waals surface area (Å²) in [5, 5.41) is 15.5. The number of aromatic nitrogens is 2. The third kappa shape index (κ3) is 7.07. The Morgan fingerprint density at radius 2 is 1.74 bits per heavy atom. The predicted molar refractivity (Wildman–Crippen MR) is 135 cm³/mol. The molecule has 2 aromatic carbocycles. The van der Waals surface area contributed by atoms with Crippen molar-refractivity contribution >= 4 is 17.5 Å². The fourth-order valence-electron chi connectivity index (χ4n) is 4.35. The van der Waals surface area contributed by atoms with Gasteiger partial charge >= 0.3 is 6.03 Å². The number of anilines is 2. The van der Waals surface area contributed by atoms with E-state index in [1.807, 2.05) is 36.4 Å². The number of piperidine rings is 1. The van der Waals surface area contributed by atoms with E-state index in [0.29, 0.717) is 17.3 Å². The Bertz CT molecular complexity index is 1080. The SMILES string of the molecule is CC(O)(CF)c1ccc(CN2CCC(Cc3ccc(NC(=O)Nc4ccncn4)cc3)CC2)cc1. The van der Waals surface area contributed by atoms with Crippen molar-refractivity contribution in [3.8, 4) is 0 Å². The predicted octanol–water partition coefficient (Wildman–Crippen LogP) is 4.75. The van der Waals surface area contributed by atoms with Crippen molar-refractivity contribution in [1.29, 1.82) is 0 Å². The van der Waals surface area contributed by atoms with E-state index >= 15 is 0 Å². The van der Waals surface area contributed by atoms with E-state index < -0.39 is 12.3 Å². The minimum Gasteiger partial charge on any atom is -0.383 e. The molecule has 0 spiro atoms. The number of hydrogen-bond acceptors (Lipinski definition) is 5. The Labute approximate surface area is 205 Å².